The van der Waals surface area contributed by atoms with Crippen LogP contribution in [0.5, 0.6) is 0 Å². The van der Waals surface area contributed by atoms with Crippen LogP contribution < -0.4 is 4.57 Å². The summed E-state index contributed by atoms with van der Waals surface area (Å²) in [4.78, 5) is 0. The maximum atomic E-state index is 2.51. The van der Waals surface area contributed by atoms with Crippen molar-refractivity contribution in [1.82, 2.24) is 4.57 Å². The van der Waals surface area contributed by atoms with E-state index in [-0.39, 0.29) is 0 Å². The largest absolute Gasteiger partial charge is 0.264 e. The zero-order valence-electron chi connectivity index (χ0n) is 13.8. The third-order valence-corrected chi connectivity index (χ3v) is 5.26. The van der Waals surface area contributed by atoms with Gasteiger partial charge in [0, 0.05) is 13.8 Å². The van der Waals surface area contributed by atoms with E-state index in [1.54, 1.807) is 0 Å². The third-order valence-electron chi connectivity index (χ3n) is 5.26. The average Bonchev–Trinajstić information content (AvgIpc) is 2.73. The first-order chi connectivity index (χ1) is 10.1. The second-order valence-corrected chi connectivity index (χ2v) is 6.54. The standard InChI is InChI=1S/C19H27N2/c1-14-10-8-9-13-18(14)21-16(3)15(2)20(4)19(21)17-11-6-5-7-12-17/h8-10,13,17H,5-7,11-12H2,1-4H3/q+1. The molecule has 0 N–H and O–H groups in total. The summed E-state index contributed by atoms with van der Waals surface area (Å²) in [5, 5.41) is 0. The number of imidazole rings is 1. The van der Waals surface area contributed by atoms with E-state index in [1.165, 1.54) is 60.6 Å². The fourth-order valence-electron chi connectivity index (χ4n) is 3.83. The molecule has 1 saturated carbocycles. The molecule has 2 aromatic rings. The smallest absolute Gasteiger partial charge is 0.234 e. The van der Waals surface area contributed by atoms with Gasteiger partial charge in [0.1, 0.15) is 17.1 Å². The van der Waals surface area contributed by atoms with Gasteiger partial charge in [0.25, 0.3) is 5.82 Å². The number of aryl methyl sites for hydroxylation is 1. The first-order valence-electron chi connectivity index (χ1n) is 8.25. The van der Waals surface area contributed by atoms with Crippen molar-refractivity contribution < 1.29 is 4.57 Å². The summed E-state index contributed by atoms with van der Waals surface area (Å²) in [6.45, 7) is 6.72. The van der Waals surface area contributed by atoms with Gasteiger partial charge in [-0.05, 0) is 31.4 Å². The minimum absolute atomic E-state index is 0.704. The van der Waals surface area contributed by atoms with Crippen LogP contribution in [0.15, 0.2) is 24.3 Å². The third kappa shape index (κ3) is 2.41. The lowest BCUT2D eigenvalue weighted by Gasteiger charge is -2.20. The molecule has 2 heteroatoms. The van der Waals surface area contributed by atoms with E-state index in [2.05, 4.69) is 61.2 Å². The molecule has 2 nitrogen and oxygen atoms in total. The Balaban J connectivity index is 2.19. The molecule has 0 bridgehead atoms. The predicted molar refractivity (Wildman–Crippen MR) is 87.0 cm³/mol. The lowest BCUT2D eigenvalue weighted by atomic mass is 9.88. The Morgan fingerprint density at radius 3 is 2.33 bits per heavy atom. The maximum absolute atomic E-state index is 2.51. The van der Waals surface area contributed by atoms with Crippen LogP contribution >= 0.6 is 0 Å². The molecule has 3 rings (SSSR count). The summed E-state index contributed by atoms with van der Waals surface area (Å²) in [6, 6.07) is 8.76. The normalized spacial score (nSPS) is 16.4. The van der Waals surface area contributed by atoms with Gasteiger partial charge in [-0.3, -0.25) is 0 Å². The molecular formula is C19H27N2+. The van der Waals surface area contributed by atoms with E-state index in [1.807, 2.05) is 0 Å². The Morgan fingerprint density at radius 2 is 1.67 bits per heavy atom. The van der Waals surface area contributed by atoms with E-state index < -0.39 is 0 Å². The molecule has 1 aromatic carbocycles. The van der Waals surface area contributed by atoms with E-state index >= 15 is 0 Å². The predicted octanol–water partition coefficient (Wildman–Crippen LogP) is 4.27. The van der Waals surface area contributed by atoms with Crippen LogP contribution in [0.2, 0.25) is 0 Å². The van der Waals surface area contributed by atoms with Crippen LogP contribution in [0.1, 0.15) is 60.8 Å². The summed E-state index contributed by atoms with van der Waals surface area (Å²) in [5.74, 6) is 2.20. The summed E-state index contributed by atoms with van der Waals surface area (Å²) >= 11 is 0. The molecule has 1 aliphatic rings. The van der Waals surface area contributed by atoms with E-state index in [4.69, 9.17) is 0 Å². The minimum Gasteiger partial charge on any atom is -0.234 e. The molecule has 0 spiro atoms. The van der Waals surface area contributed by atoms with Gasteiger partial charge in [-0.2, -0.15) is 4.57 Å². The summed E-state index contributed by atoms with van der Waals surface area (Å²) < 4.78 is 4.94. The van der Waals surface area contributed by atoms with E-state index in [0.29, 0.717) is 5.92 Å². The zero-order chi connectivity index (χ0) is 15.0. The molecule has 0 radical (unpaired) electrons. The molecule has 0 aliphatic heterocycles. The first-order valence-corrected chi connectivity index (χ1v) is 8.25. The number of hydrogen-bond donors (Lipinski definition) is 0. The monoisotopic (exact) mass is 283 g/mol. The molecule has 1 aromatic heterocycles. The van der Waals surface area contributed by atoms with Crippen molar-refractivity contribution in [3.63, 3.8) is 0 Å². The van der Waals surface area contributed by atoms with Crippen LogP contribution in [0.4, 0.5) is 0 Å². The average molecular weight is 283 g/mol. The summed E-state index contributed by atoms with van der Waals surface area (Å²) in [6.07, 6.45) is 6.83. The lowest BCUT2D eigenvalue weighted by Crippen LogP contribution is -2.37. The van der Waals surface area contributed by atoms with Gasteiger partial charge in [-0.25, -0.2) is 4.57 Å². The van der Waals surface area contributed by atoms with Gasteiger partial charge in [-0.1, -0.05) is 37.5 Å². The van der Waals surface area contributed by atoms with Gasteiger partial charge in [0.15, 0.2) is 0 Å². The second-order valence-electron chi connectivity index (χ2n) is 6.54. The van der Waals surface area contributed by atoms with Gasteiger partial charge in [-0.15, -0.1) is 0 Å². The van der Waals surface area contributed by atoms with Gasteiger partial charge < -0.3 is 0 Å². The fraction of sp³-hybridized carbons (Fsp3) is 0.526. The molecule has 21 heavy (non-hydrogen) atoms. The Bertz CT molecular complexity index is 646. The fourth-order valence-corrected chi connectivity index (χ4v) is 3.83. The summed E-state index contributed by atoms with van der Waals surface area (Å²) in [7, 11) is 2.24. The van der Waals surface area contributed by atoms with Crippen LogP contribution in [-0.4, -0.2) is 4.57 Å². The highest BCUT2D eigenvalue weighted by Gasteiger charge is 2.32. The van der Waals surface area contributed by atoms with Crippen molar-refractivity contribution in [3.05, 3.63) is 47.0 Å². The van der Waals surface area contributed by atoms with Crippen molar-refractivity contribution in [1.29, 1.82) is 0 Å². The van der Waals surface area contributed by atoms with Gasteiger partial charge >= 0.3 is 0 Å². The molecule has 112 valence electrons. The highest BCUT2D eigenvalue weighted by atomic mass is 15.2. The van der Waals surface area contributed by atoms with E-state index in [0.717, 1.165) is 0 Å². The number of hydrogen-bond acceptors (Lipinski definition) is 0. The Hall–Kier alpha value is -1.57. The molecule has 0 amide bonds. The Labute approximate surface area is 128 Å². The van der Waals surface area contributed by atoms with Crippen molar-refractivity contribution in [2.24, 2.45) is 7.05 Å². The molecular weight excluding hydrogens is 256 g/mol. The number of para-hydroxylation sites is 1. The van der Waals surface area contributed by atoms with Crippen LogP contribution in [-0.2, 0) is 7.05 Å². The van der Waals surface area contributed by atoms with Crippen LogP contribution in [0.3, 0.4) is 0 Å². The first kappa shape index (κ1) is 14.4. The Kier molecular flexibility index (Phi) is 3.88. The molecule has 0 unspecified atom stereocenters. The number of nitrogens with zero attached hydrogens (tertiary/aromatic N) is 2. The summed E-state index contributed by atoms with van der Waals surface area (Å²) in [5.41, 5.74) is 5.47. The quantitative estimate of drug-likeness (QED) is 0.728. The minimum atomic E-state index is 0.704. The number of rotatable bonds is 2. The van der Waals surface area contributed by atoms with Crippen LogP contribution in [0, 0.1) is 20.8 Å². The number of benzene rings is 1. The molecule has 1 aliphatic carbocycles. The van der Waals surface area contributed by atoms with E-state index in [9.17, 15) is 0 Å². The van der Waals surface area contributed by atoms with Gasteiger partial charge in [0.2, 0.25) is 0 Å². The SMILES string of the molecule is Cc1ccccc1-n1c(C)c(C)[n+](C)c1C1CCCCC1. The maximum Gasteiger partial charge on any atom is 0.264 e. The number of aromatic nitrogens is 2. The second kappa shape index (κ2) is 5.67. The highest BCUT2D eigenvalue weighted by molar-refractivity contribution is 5.43. The van der Waals surface area contributed by atoms with Crippen molar-refractivity contribution in [2.45, 2.75) is 58.8 Å². The molecule has 1 heterocycles. The van der Waals surface area contributed by atoms with Crippen molar-refractivity contribution in [2.75, 3.05) is 0 Å². The zero-order valence-corrected chi connectivity index (χ0v) is 13.8. The van der Waals surface area contributed by atoms with Crippen molar-refractivity contribution in [3.8, 4) is 5.69 Å². The molecule has 0 atom stereocenters. The highest BCUT2D eigenvalue weighted by Crippen LogP contribution is 2.34. The lowest BCUT2D eigenvalue weighted by molar-refractivity contribution is -0.686. The molecule has 1 fully saturated rings. The van der Waals surface area contributed by atoms with Gasteiger partial charge in [0.05, 0.1) is 13.0 Å². The van der Waals surface area contributed by atoms with Crippen molar-refractivity contribution >= 4 is 0 Å². The van der Waals surface area contributed by atoms with Crippen LogP contribution in [0.25, 0.3) is 5.69 Å². The topological polar surface area (TPSA) is 8.81 Å². The Morgan fingerprint density at radius 1 is 1.00 bits per heavy atom. The molecule has 0 saturated heterocycles.